The van der Waals surface area contributed by atoms with Crippen molar-refractivity contribution in [3.63, 3.8) is 0 Å². The summed E-state index contributed by atoms with van der Waals surface area (Å²) in [4.78, 5) is 25.9. The summed E-state index contributed by atoms with van der Waals surface area (Å²) in [7, 11) is -3.45. The van der Waals surface area contributed by atoms with Gasteiger partial charge in [-0.3, -0.25) is 9.52 Å². The van der Waals surface area contributed by atoms with Crippen LogP contribution in [0.3, 0.4) is 0 Å². The summed E-state index contributed by atoms with van der Waals surface area (Å²) < 4.78 is 35.4. The first-order valence-corrected chi connectivity index (χ1v) is 9.71. The van der Waals surface area contributed by atoms with Crippen LogP contribution >= 0.6 is 0 Å². The second-order valence-electron chi connectivity index (χ2n) is 6.09. The summed E-state index contributed by atoms with van der Waals surface area (Å²) in [5.74, 6) is -0.986. The third-order valence-corrected chi connectivity index (χ3v) is 4.11. The Bertz CT molecular complexity index is 739. The van der Waals surface area contributed by atoms with Gasteiger partial charge in [-0.25, -0.2) is 13.2 Å². The quantitative estimate of drug-likeness (QED) is 0.771. The van der Waals surface area contributed by atoms with Crippen LogP contribution in [0.2, 0.25) is 0 Å². The van der Waals surface area contributed by atoms with E-state index in [9.17, 15) is 18.0 Å². The first-order valence-electron chi connectivity index (χ1n) is 7.82. The van der Waals surface area contributed by atoms with Gasteiger partial charge in [0.15, 0.2) is 6.61 Å². The minimum Gasteiger partial charge on any atom is -0.452 e. The van der Waals surface area contributed by atoms with Crippen molar-refractivity contribution in [2.45, 2.75) is 26.1 Å². The van der Waals surface area contributed by atoms with Crippen LogP contribution in [0, 0.1) is 0 Å². The topological polar surface area (TPSA) is 102 Å². The highest BCUT2D eigenvalue weighted by Crippen LogP contribution is 2.14. The fraction of sp³-hybridized carbons (Fsp3) is 0.500. The standard InChI is InChI=1S/C16H22N2O6S/c1-11-8-18(9-12(2)24-11)15(19)10-23-16(20)13-5-4-6-14(7-13)17-25(3,21)22/h4-7,11-12,17H,8-10H2,1-3H3. The molecule has 2 rings (SSSR count). The van der Waals surface area contributed by atoms with Gasteiger partial charge in [0, 0.05) is 18.8 Å². The number of hydrogen-bond acceptors (Lipinski definition) is 6. The maximum Gasteiger partial charge on any atom is 0.338 e. The molecule has 2 atom stereocenters. The molecule has 8 nitrogen and oxygen atoms in total. The number of ether oxygens (including phenoxy) is 2. The molecule has 25 heavy (non-hydrogen) atoms. The van der Waals surface area contributed by atoms with Gasteiger partial charge in [-0.15, -0.1) is 0 Å². The smallest absolute Gasteiger partial charge is 0.338 e. The summed E-state index contributed by atoms with van der Waals surface area (Å²) in [5, 5.41) is 0. The first kappa shape index (κ1) is 19.2. The van der Waals surface area contributed by atoms with Crippen molar-refractivity contribution < 1.29 is 27.5 Å². The van der Waals surface area contributed by atoms with Gasteiger partial charge in [0.2, 0.25) is 10.0 Å². The SMILES string of the molecule is CC1CN(C(=O)COC(=O)c2cccc(NS(C)(=O)=O)c2)CC(C)O1. The number of sulfonamides is 1. The molecule has 1 aliphatic rings. The summed E-state index contributed by atoms with van der Waals surface area (Å²) in [5.41, 5.74) is 0.407. The Morgan fingerprint density at radius 3 is 2.52 bits per heavy atom. The molecule has 1 heterocycles. The van der Waals surface area contributed by atoms with E-state index in [0.29, 0.717) is 13.1 Å². The van der Waals surface area contributed by atoms with Crippen LogP contribution in [0.25, 0.3) is 0 Å². The molecule has 1 fully saturated rings. The fourth-order valence-electron chi connectivity index (χ4n) is 2.61. The predicted octanol–water partition coefficient (Wildman–Crippen LogP) is 0.851. The van der Waals surface area contributed by atoms with E-state index >= 15 is 0 Å². The van der Waals surface area contributed by atoms with Crippen LogP contribution in [0.15, 0.2) is 24.3 Å². The van der Waals surface area contributed by atoms with Crippen molar-refractivity contribution in [3.8, 4) is 0 Å². The van der Waals surface area contributed by atoms with E-state index in [-0.39, 0.29) is 36.0 Å². The molecule has 2 unspecified atom stereocenters. The molecule has 1 amide bonds. The summed E-state index contributed by atoms with van der Waals surface area (Å²) in [6.45, 7) is 4.29. The molecule has 1 aromatic carbocycles. The number of nitrogens with one attached hydrogen (secondary N) is 1. The first-order chi connectivity index (χ1) is 11.6. The number of carbonyl (C=O) groups is 2. The number of benzene rings is 1. The second-order valence-corrected chi connectivity index (χ2v) is 7.84. The van der Waals surface area contributed by atoms with Crippen LogP contribution < -0.4 is 4.72 Å². The molecule has 0 saturated carbocycles. The Hall–Kier alpha value is -2.13. The van der Waals surface area contributed by atoms with Crippen LogP contribution in [-0.2, 0) is 24.3 Å². The molecule has 0 radical (unpaired) electrons. The molecule has 1 saturated heterocycles. The number of hydrogen-bond donors (Lipinski definition) is 1. The fourth-order valence-corrected chi connectivity index (χ4v) is 3.16. The zero-order valence-electron chi connectivity index (χ0n) is 14.4. The van der Waals surface area contributed by atoms with Crippen LogP contribution in [0.4, 0.5) is 5.69 Å². The molecule has 0 aromatic heterocycles. The number of morpholine rings is 1. The van der Waals surface area contributed by atoms with Crippen LogP contribution in [0.5, 0.6) is 0 Å². The molecular weight excluding hydrogens is 348 g/mol. The summed E-state index contributed by atoms with van der Waals surface area (Å²) in [6.07, 6.45) is 0.880. The van der Waals surface area contributed by atoms with Gasteiger partial charge < -0.3 is 14.4 Å². The average Bonchev–Trinajstić information content (AvgIpc) is 2.50. The van der Waals surface area contributed by atoms with Crippen molar-refractivity contribution in [2.75, 3.05) is 30.7 Å². The van der Waals surface area contributed by atoms with E-state index in [1.54, 1.807) is 4.90 Å². The van der Waals surface area contributed by atoms with Gasteiger partial charge in [-0.1, -0.05) is 6.07 Å². The molecule has 138 valence electrons. The van der Waals surface area contributed by atoms with Crippen molar-refractivity contribution in [1.82, 2.24) is 4.90 Å². The van der Waals surface area contributed by atoms with Crippen molar-refractivity contribution >= 4 is 27.6 Å². The highest BCUT2D eigenvalue weighted by molar-refractivity contribution is 7.92. The predicted molar refractivity (Wildman–Crippen MR) is 91.8 cm³/mol. The van der Waals surface area contributed by atoms with E-state index < -0.39 is 16.0 Å². The molecule has 1 N–H and O–H groups in total. The monoisotopic (exact) mass is 370 g/mol. The minimum atomic E-state index is -3.45. The molecule has 9 heteroatoms. The summed E-state index contributed by atoms with van der Waals surface area (Å²) >= 11 is 0. The molecule has 0 spiro atoms. The molecule has 0 aliphatic carbocycles. The van der Waals surface area contributed by atoms with Crippen molar-refractivity contribution in [2.24, 2.45) is 0 Å². The number of anilines is 1. The van der Waals surface area contributed by atoms with Gasteiger partial charge in [-0.2, -0.15) is 0 Å². The maximum atomic E-state index is 12.2. The second kappa shape index (κ2) is 7.83. The third-order valence-electron chi connectivity index (χ3n) is 3.50. The number of esters is 1. The minimum absolute atomic E-state index is 0.0675. The lowest BCUT2D eigenvalue weighted by Crippen LogP contribution is -2.49. The normalized spacial score (nSPS) is 20.8. The zero-order valence-corrected chi connectivity index (χ0v) is 15.2. The molecular formula is C16H22N2O6S. The van der Waals surface area contributed by atoms with E-state index in [1.165, 1.54) is 24.3 Å². The van der Waals surface area contributed by atoms with Gasteiger partial charge >= 0.3 is 5.97 Å². The molecule has 1 aromatic rings. The van der Waals surface area contributed by atoms with Crippen molar-refractivity contribution in [3.05, 3.63) is 29.8 Å². The van der Waals surface area contributed by atoms with Crippen molar-refractivity contribution in [1.29, 1.82) is 0 Å². The Labute approximate surface area is 147 Å². The van der Waals surface area contributed by atoms with Crippen LogP contribution in [-0.4, -0.2) is 63.4 Å². The van der Waals surface area contributed by atoms with Crippen LogP contribution in [0.1, 0.15) is 24.2 Å². The Balaban J connectivity index is 1.94. The Kier molecular flexibility index (Phi) is 6.02. The number of amides is 1. The van der Waals surface area contributed by atoms with E-state index in [1.807, 2.05) is 13.8 Å². The lowest BCUT2D eigenvalue weighted by molar-refractivity contribution is -0.146. The lowest BCUT2D eigenvalue weighted by atomic mass is 10.2. The number of carbonyl (C=O) groups excluding carboxylic acids is 2. The van der Waals surface area contributed by atoms with E-state index in [4.69, 9.17) is 9.47 Å². The largest absolute Gasteiger partial charge is 0.452 e. The molecule has 1 aliphatic heterocycles. The van der Waals surface area contributed by atoms with Gasteiger partial charge in [0.05, 0.1) is 24.0 Å². The highest BCUT2D eigenvalue weighted by atomic mass is 32.2. The average molecular weight is 370 g/mol. The zero-order chi connectivity index (χ0) is 18.6. The van der Waals surface area contributed by atoms with Gasteiger partial charge in [0.25, 0.3) is 5.91 Å². The van der Waals surface area contributed by atoms with E-state index in [0.717, 1.165) is 6.26 Å². The maximum absolute atomic E-state index is 12.2. The lowest BCUT2D eigenvalue weighted by Gasteiger charge is -2.35. The highest BCUT2D eigenvalue weighted by Gasteiger charge is 2.26. The summed E-state index contributed by atoms with van der Waals surface area (Å²) in [6, 6.07) is 5.88. The Morgan fingerprint density at radius 2 is 1.92 bits per heavy atom. The van der Waals surface area contributed by atoms with E-state index in [2.05, 4.69) is 4.72 Å². The number of rotatable bonds is 5. The Morgan fingerprint density at radius 1 is 1.28 bits per heavy atom. The number of nitrogens with zero attached hydrogens (tertiary/aromatic N) is 1. The van der Waals surface area contributed by atoms with Gasteiger partial charge in [-0.05, 0) is 32.0 Å². The van der Waals surface area contributed by atoms with Gasteiger partial charge in [0.1, 0.15) is 0 Å². The third kappa shape index (κ3) is 6.02. The molecule has 0 bridgehead atoms.